The quantitative estimate of drug-likeness (QED) is 0.505. The summed E-state index contributed by atoms with van der Waals surface area (Å²) in [5, 5.41) is 21.1. The van der Waals surface area contributed by atoms with E-state index in [-0.39, 0.29) is 13.2 Å². The van der Waals surface area contributed by atoms with Gasteiger partial charge in [0.2, 0.25) is 0 Å². The number of benzene rings is 2. The molecule has 0 radical (unpaired) electrons. The topological polar surface area (TPSA) is 50.3 Å². The minimum atomic E-state index is -0.0310. The molecule has 4 aromatic rings. The molecule has 0 amide bonds. The molecule has 0 saturated carbocycles. The van der Waals surface area contributed by atoms with E-state index in [4.69, 9.17) is 0 Å². The van der Waals surface area contributed by atoms with Crippen LogP contribution in [0.4, 0.5) is 0 Å². The van der Waals surface area contributed by atoms with E-state index in [2.05, 4.69) is 63.7 Å². The van der Waals surface area contributed by atoms with E-state index in [0.717, 1.165) is 42.0 Å². The third kappa shape index (κ3) is 2.45. The molecule has 1 aliphatic heterocycles. The molecule has 0 saturated heterocycles. The fourth-order valence-corrected chi connectivity index (χ4v) is 4.80. The van der Waals surface area contributed by atoms with Crippen LogP contribution in [0.2, 0.25) is 0 Å². The van der Waals surface area contributed by atoms with E-state index in [1.807, 2.05) is 6.92 Å². The summed E-state index contributed by atoms with van der Waals surface area (Å²) < 4.78 is 4.71. The van der Waals surface area contributed by atoms with Gasteiger partial charge in [0.05, 0.1) is 19.8 Å². The van der Waals surface area contributed by atoms with Crippen molar-refractivity contribution in [2.24, 2.45) is 0 Å². The predicted molar refractivity (Wildman–Crippen MR) is 110 cm³/mol. The lowest BCUT2D eigenvalue weighted by Crippen LogP contribution is -2.18. The Morgan fingerprint density at radius 1 is 0.857 bits per heavy atom. The van der Waals surface area contributed by atoms with Gasteiger partial charge >= 0.3 is 0 Å². The molecule has 3 heterocycles. The molecule has 0 aliphatic carbocycles. The number of hydrogen-bond donors (Lipinski definition) is 2. The number of nitrogens with zero attached hydrogens (tertiary/aromatic N) is 2. The van der Waals surface area contributed by atoms with E-state index in [0.29, 0.717) is 0 Å². The predicted octanol–water partition coefficient (Wildman–Crippen LogP) is 3.74. The van der Waals surface area contributed by atoms with Crippen molar-refractivity contribution in [3.8, 4) is 0 Å². The highest BCUT2D eigenvalue weighted by atomic mass is 16.3. The molecule has 2 N–H and O–H groups in total. The Kier molecular flexibility index (Phi) is 4.11. The summed E-state index contributed by atoms with van der Waals surface area (Å²) in [5.74, 6) is 0. The summed E-state index contributed by atoms with van der Waals surface area (Å²) in [6, 6.07) is 19.2. The normalized spacial score (nSPS) is 13.0. The van der Waals surface area contributed by atoms with Gasteiger partial charge in [-0.2, -0.15) is 0 Å². The Hall–Kier alpha value is -2.82. The number of aliphatic hydroxyl groups excluding tert-OH is 2. The average molecular weight is 372 g/mol. The summed E-state index contributed by atoms with van der Waals surface area (Å²) in [5.41, 5.74) is 9.18. The fourth-order valence-electron chi connectivity index (χ4n) is 4.80. The molecule has 0 bridgehead atoms. The van der Waals surface area contributed by atoms with Gasteiger partial charge in [-0.15, -0.1) is 0 Å². The molecule has 28 heavy (non-hydrogen) atoms. The molecule has 1 aliphatic rings. The van der Waals surface area contributed by atoms with Gasteiger partial charge in [-0.05, 0) is 24.1 Å². The van der Waals surface area contributed by atoms with Crippen LogP contribution in [0.3, 0.4) is 0 Å². The van der Waals surface area contributed by atoms with Gasteiger partial charge in [0.25, 0.3) is 0 Å². The lowest BCUT2D eigenvalue weighted by Gasteiger charge is -2.22. The largest absolute Gasteiger partial charge is 0.392 e. The van der Waals surface area contributed by atoms with Crippen molar-refractivity contribution in [3.05, 3.63) is 93.9 Å². The molecule has 0 atom stereocenters. The molecule has 2 aromatic carbocycles. The molecule has 142 valence electrons. The van der Waals surface area contributed by atoms with E-state index < -0.39 is 0 Å². The first kappa shape index (κ1) is 17.3. The maximum atomic E-state index is 9.95. The first-order valence-corrected chi connectivity index (χ1v) is 9.77. The highest BCUT2D eigenvalue weighted by molar-refractivity contribution is 5.86. The van der Waals surface area contributed by atoms with Crippen molar-refractivity contribution in [1.29, 1.82) is 0 Å². The second kappa shape index (κ2) is 6.66. The summed E-state index contributed by atoms with van der Waals surface area (Å²) in [7, 11) is 0. The van der Waals surface area contributed by atoms with Crippen molar-refractivity contribution < 1.29 is 10.2 Å². The fraction of sp³-hybridized carbons (Fsp3) is 0.250. The minimum Gasteiger partial charge on any atom is -0.392 e. The highest BCUT2D eigenvalue weighted by Gasteiger charge is 2.28. The Morgan fingerprint density at radius 2 is 1.57 bits per heavy atom. The lowest BCUT2D eigenvalue weighted by atomic mass is 9.99. The standard InChI is InChI=1S/C24H24N2O2/c1-16-20(14-27)21(15-28)23-11-19-18-9-5-6-10-22(18)26(24(19)13-25(16)23)12-17-7-3-2-4-8-17/h2-10,27-28H,11-15H2,1H3. The minimum absolute atomic E-state index is 0.0307. The van der Waals surface area contributed by atoms with Gasteiger partial charge in [-0.1, -0.05) is 48.5 Å². The van der Waals surface area contributed by atoms with Crippen LogP contribution in [0.1, 0.15) is 39.3 Å². The smallest absolute Gasteiger partial charge is 0.0703 e. The van der Waals surface area contributed by atoms with Crippen molar-refractivity contribution >= 4 is 10.9 Å². The Labute approximate surface area is 164 Å². The second-order valence-electron chi connectivity index (χ2n) is 7.58. The van der Waals surface area contributed by atoms with Gasteiger partial charge in [-0.3, -0.25) is 0 Å². The molecule has 0 unspecified atom stereocenters. The zero-order valence-corrected chi connectivity index (χ0v) is 16.0. The van der Waals surface area contributed by atoms with E-state index >= 15 is 0 Å². The van der Waals surface area contributed by atoms with Crippen LogP contribution >= 0.6 is 0 Å². The number of fused-ring (bicyclic) bond motifs is 4. The molecule has 0 spiro atoms. The van der Waals surface area contributed by atoms with Crippen molar-refractivity contribution in [2.45, 2.75) is 39.6 Å². The number of aromatic nitrogens is 2. The molecule has 4 nitrogen and oxygen atoms in total. The maximum Gasteiger partial charge on any atom is 0.0703 e. The van der Waals surface area contributed by atoms with Crippen LogP contribution in [0.15, 0.2) is 54.6 Å². The molecule has 0 fully saturated rings. The molecule has 2 aromatic heterocycles. The lowest BCUT2D eigenvalue weighted by molar-refractivity contribution is 0.260. The van der Waals surface area contributed by atoms with Crippen molar-refractivity contribution in [2.75, 3.05) is 0 Å². The van der Waals surface area contributed by atoms with Gasteiger partial charge < -0.3 is 19.3 Å². The SMILES string of the molecule is Cc1c(CO)c(CO)c2n1Cc1c(c3ccccc3n1Cc1ccccc1)C2. The Bertz CT molecular complexity index is 1170. The van der Waals surface area contributed by atoms with Crippen molar-refractivity contribution in [3.63, 3.8) is 0 Å². The van der Waals surface area contributed by atoms with Gasteiger partial charge in [0, 0.05) is 52.1 Å². The first-order chi connectivity index (χ1) is 13.7. The summed E-state index contributed by atoms with van der Waals surface area (Å²) in [6.45, 7) is 3.59. The van der Waals surface area contributed by atoms with Gasteiger partial charge in [-0.25, -0.2) is 0 Å². The number of hydrogen-bond acceptors (Lipinski definition) is 2. The van der Waals surface area contributed by atoms with Crippen LogP contribution in [0.5, 0.6) is 0 Å². The third-order valence-corrected chi connectivity index (χ3v) is 6.23. The molecular weight excluding hydrogens is 348 g/mol. The highest BCUT2D eigenvalue weighted by Crippen LogP contribution is 2.37. The Morgan fingerprint density at radius 3 is 2.32 bits per heavy atom. The second-order valence-corrected chi connectivity index (χ2v) is 7.58. The van der Waals surface area contributed by atoms with Gasteiger partial charge in [0.15, 0.2) is 0 Å². The van der Waals surface area contributed by atoms with Gasteiger partial charge in [0.1, 0.15) is 0 Å². The summed E-state index contributed by atoms with van der Waals surface area (Å²) >= 11 is 0. The summed E-state index contributed by atoms with van der Waals surface area (Å²) in [4.78, 5) is 0. The molecule has 4 heteroatoms. The van der Waals surface area contributed by atoms with Crippen LogP contribution in [-0.4, -0.2) is 19.3 Å². The number of aliphatic hydroxyl groups is 2. The van der Waals surface area contributed by atoms with Crippen LogP contribution in [0.25, 0.3) is 10.9 Å². The number of para-hydroxylation sites is 1. The zero-order valence-electron chi connectivity index (χ0n) is 16.0. The van der Waals surface area contributed by atoms with Crippen LogP contribution in [-0.2, 0) is 32.7 Å². The molecular formula is C24H24N2O2. The van der Waals surface area contributed by atoms with Crippen LogP contribution in [0, 0.1) is 6.92 Å². The zero-order chi connectivity index (χ0) is 19.3. The average Bonchev–Trinajstić information content (AvgIpc) is 3.19. The summed E-state index contributed by atoms with van der Waals surface area (Å²) in [6.07, 6.45) is 0.786. The monoisotopic (exact) mass is 372 g/mol. The first-order valence-electron chi connectivity index (χ1n) is 9.77. The van der Waals surface area contributed by atoms with E-state index in [1.54, 1.807) is 0 Å². The van der Waals surface area contributed by atoms with E-state index in [9.17, 15) is 10.2 Å². The van der Waals surface area contributed by atoms with Crippen LogP contribution < -0.4 is 0 Å². The third-order valence-electron chi connectivity index (χ3n) is 6.23. The van der Waals surface area contributed by atoms with E-state index in [1.165, 1.54) is 27.7 Å². The Balaban J connectivity index is 1.70. The molecule has 5 rings (SSSR count). The van der Waals surface area contributed by atoms with Crippen molar-refractivity contribution in [1.82, 2.24) is 9.13 Å². The number of rotatable bonds is 4. The maximum absolute atomic E-state index is 9.95.